The first-order valence-corrected chi connectivity index (χ1v) is 15.1. The van der Waals surface area contributed by atoms with Crippen molar-refractivity contribution in [2.75, 3.05) is 0 Å². The number of fused-ring (bicyclic) bond motifs is 1. The molecular formula is C33H39IN2O5. The Morgan fingerprint density at radius 1 is 0.951 bits per heavy atom. The number of aliphatic hydroxyl groups is 2. The van der Waals surface area contributed by atoms with Gasteiger partial charge >= 0.3 is 6.09 Å². The molecule has 7 nitrogen and oxygen atoms in total. The Labute approximate surface area is 255 Å². The van der Waals surface area contributed by atoms with Crippen LogP contribution in [0.3, 0.4) is 0 Å². The van der Waals surface area contributed by atoms with Crippen LogP contribution in [0, 0.1) is 9.49 Å². The van der Waals surface area contributed by atoms with E-state index in [1.54, 1.807) is 20.8 Å². The predicted molar refractivity (Wildman–Crippen MR) is 167 cm³/mol. The monoisotopic (exact) mass is 670 g/mol. The van der Waals surface area contributed by atoms with E-state index >= 15 is 0 Å². The Kier molecular flexibility index (Phi) is 10.4. The molecule has 3 aromatic carbocycles. The number of alkyl carbamates (subject to hydrolysis) is 1. The van der Waals surface area contributed by atoms with Crippen LogP contribution in [0.25, 0.3) is 0 Å². The lowest BCUT2D eigenvalue weighted by molar-refractivity contribution is -0.127. The number of hydrogen-bond donors (Lipinski definition) is 4. The lowest BCUT2D eigenvalue weighted by Crippen LogP contribution is -2.48. The summed E-state index contributed by atoms with van der Waals surface area (Å²) in [5.41, 5.74) is 3.14. The van der Waals surface area contributed by atoms with Gasteiger partial charge < -0.3 is 25.6 Å². The second kappa shape index (κ2) is 13.8. The van der Waals surface area contributed by atoms with Crippen molar-refractivity contribution in [1.82, 2.24) is 10.6 Å². The summed E-state index contributed by atoms with van der Waals surface area (Å²) in [5.74, 6) is -0.859. The van der Waals surface area contributed by atoms with Crippen molar-refractivity contribution >= 4 is 34.6 Å². The fraction of sp³-hybridized carbons (Fsp3) is 0.394. The molecule has 3 aromatic rings. The molecule has 4 N–H and O–H groups in total. The lowest BCUT2D eigenvalue weighted by Gasteiger charge is -2.29. The molecule has 0 saturated heterocycles. The Bertz CT molecular complexity index is 1310. The summed E-state index contributed by atoms with van der Waals surface area (Å²) in [4.78, 5) is 26.5. The van der Waals surface area contributed by atoms with Crippen LogP contribution in [-0.4, -0.2) is 46.1 Å². The average Bonchev–Trinajstić information content (AvgIpc) is 3.23. The van der Waals surface area contributed by atoms with Gasteiger partial charge in [-0.1, -0.05) is 66.7 Å². The molecule has 1 aliphatic carbocycles. The van der Waals surface area contributed by atoms with Crippen molar-refractivity contribution in [1.29, 1.82) is 0 Å². The van der Waals surface area contributed by atoms with E-state index in [1.807, 2.05) is 78.9 Å². The van der Waals surface area contributed by atoms with E-state index in [9.17, 15) is 19.8 Å². The highest BCUT2D eigenvalue weighted by Gasteiger charge is 2.35. The first kappa shape index (κ1) is 31.0. The zero-order valence-corrected chi connectivity index (χ0v) is 25.9. The van der Waals surface area contributed by atoms with Crippen LogP contribution in [0.2, 0.25) is 0 Å². The van der Waals surface area contributed by atoms with Crippen LogP contribution < -0.4 is 10.6 Å². The third-order valence-electron chi connectivity index (χ3n) is 7.26. The molecule has 8 heteroatoms. The summed E-state index contributed by atoms with van der Waals surface area (Å²) in [6, 6.07) is 24.1. The Morgan fingerprint density at radius 2 is 1.59 bits per heavy atom. The number of hydrogen-bond acceptors (Lipinski definition) is 5. The van der Waals surface area contributed by atoms with Crippen molar-refractivity contribution < 1.29 is 24.5 Å². The maximum absolute atomic E-state index is 13.8. The smallest absolute Gasteiger partial charge is 0.407 e. The number of benzene rings is 3. The van der Waals surface area contributed by atoms with Crippen LogP contribution in [-0.2, 0) is 28.8 Å². The molecule has 0 unspecified atom stereocenters. The number of aliphatic hydroxyl groups excluding tert-OH is 2. The SMILES string of the molecule is CC(C)(C)OC(=O)N[C@@H](Cc1ccccc1)[C@@H](O)C[C@H](Cc1ccc(I)cc1)C(=O)N[C@H]1c2ccccc2C[C@H]1O. The van der Waals surface area contributed by atoms with Crippen molar-refractivity contribution in [3.05, 3.63) is 105 Å². The Balaban J connectivity index is 1.56. The molecule has 0 aliphatic heterocycles. The van der Waals surface area contributed by atoms with E-state index in [2.05, 4.69) is 33.2 Å². The van der Waals surface area contributed by atoms with Gasteiger partial charge in [-0.05, 0) is 97.0 Å². The fourth-order valence-corrected chi connectivity index (χ4v) is 5.63. The number of halogens is 1. The lowest BCUT2D eigenvalue weighted by atomic mass is 9.88. The van der Waals surface area contributed by atoms with E-state index in [0.717, 1.165) is 25.8 Å². The molecule has 0 heterocycles. The molecule has 0 radical (unpaired) electrons. The van der Waals surface area contributed by atoms with Gasteiger partial charge in [-0.2, -0.15) is 0 Å². The molecule has 0 saturated carbocycles. The minimum Gasteiger partial charge on any atom is -0.444 e. The van der Waals surface area contributed by atoms with Gasteiger partial charge in [0.2, 0.25) is 5.91 Å². The zero-order valence-electron chi connectivity index (χ0n) is 23.7. The maximum atomic E-state index is 13.8. The zero-order chi connectivity index (χ0) is 29.6. The highest BCUT2D eigenvalue weighted by atomic mass is 127. The molecule has 1 aliphatic rings. The normalized spacial score (nSPS) is 18.6. The van der Waals surface area contributed by atoms with Gasteiger partial charge in [-0.15, -0.1) is 0 Å². The molecule has 0 spiro atoms. The summed E-state index contributed by atoms with van der Waals surface area (Å²) in [7, 11) is 0. The standard InChI is InChI=1S/C33H39IN2O5/c1-33(2,3)41-32(40)35-27(18-21-9-5-4-6-10-21)28(37)20-24(17-22-13-15-25(34)16-14-22)31(39)36-30-26-12-8-7-11-23(26)19-29(30)38/h4-16,24,27-30,37-38H,17-20H2,1-3H3,(H,35,40)(H,36,39)/t24-,27-,28-,29+,30-/m0/s1. The van der Waals surface area contributed by atoms with E-state index in [1.165, 1.54) is 0 Å². The Morgan fingerprint density at radius 3 is 2.27 bits per heavy atom. The third kappa shape index (κ3) is 9.02. The summed E-state index contributed by atoms with van der Waals surface area (Å²) < 4.78 is 6.57. The Hall–Kier alpha value is -2.95. The van der Waals surface area contributed by atoms with Gasteiger partial charge in [0.25, 0.3) is 0 Å². The van der Waals surface area contributed by atoms with Crippen LogP contribution >= 0.6 is 22.6 Å². The largest absolute Gasteiger partial charge is 0.444 e. The van der Waals surface area contributed by atoms with Gasteiger partial charge in [-0.25, -0.2) is 4.79 Å². The minimum atomic E-state index is -1.04. The molecule has 2 amide bonds. The van der Waals surface area contributed by atoms with E-state index in [-0.39, 0.29) is 12.3 Å². The van der Waals surface area contributed by atoms with E-state index in [4.69, 9.17) is 4.74 Å². The quantitative estimate of drug-likeness (QED) is 0.225. The first-order chi connectivity index (χ1) is 19.5. The summed E-state index contributed by atoms with van der Waals surface area (Å²) in [6.07, 6.45) is -1.03. The number of nitrogens with one attached hydrogen (secondary N) is 2. The second-order valence-corrected chi connectivity index (χ2v) is 13.0. The fourth-order valence-electron chi connectivity index (χ4n) is 5.27. The minimum absolute atomic E-state index is 0.107. The summed E-state index contributed by atoms with van der Waals surface area (Å²) >= 11 is 2.24. The van der Waals surface area contributed by atoms with E-state index in [0.29, 0.717) is 19.3 Å². The van der Waals surface area contributed by atoms with Gasteiger partial charge in [0.05, 0.1) is 24.3 Å². The molecule has 5 atom stereocenters. The van der Waals surface area contributed by atoms with Gasteiger partial charge in [0.1, 0.15) is 5.60 Å². The van der Waals surface area contributed by atoms with Crippen LogP contribution in [0.5, 0.6) is 0 Å². The number of carbonyl (C=O) groups excluding carboxylic acids is 2. The first-order valence-electron chi connectivity index (χ1n) is 14.0. The second-order valence-electron chi connectivity index (χ2n) is 11.7. The van der Waals surface area contributed by atoms with Gasteiger partial charge in [0, 0.05) is 15.9 Å². The number of ether oxygens (including phenoxy) is 1. The molecule has 0 aromatic heterocycles. The molecule has 4 rings (SSSR count). The number of rotatable bonds is 10. The van der Waals surface area contributed by atoms with Crippen molar-refractivity contribution in [3.63, 3.8) is 0 Å². The predicted octanol–water partition coefficient (Wildman–Crippen LogP) is 5.11. The highest BCUT2D eigenvalue weighted by molar-refractivity contribution is 14.1. The number of carbonyl (C=O) groups is 2. The molecule has 218 valence electrons. The van der Waals surface area contributed by atoms with Crippen LogP contribution in [0.1, 0.15) is 55.5 Å². The summed E-state index contributed by atoms with van der Waals surface area (Å²) in [5, 5.41) is 28.2. The van der Waals surface area contributed by atoms with Crippen molar-refractivity contribution in [2.24, 2.45) is 5.92 Å². The van der Waals surface area contributed by atoms with Gasteiger partial charge in [0.15, 0.2) is 0 Å². The third-order valence-corrected chi connectivity index (χ3v) is 7.98. The van der Waals surface area contributed by atoms with Gasteiger partial charge in [-0.3, -0.25) is 4.79 Å². The average molecular weight is 671 g/mol. The highest BCUT2D eigenvalue weighted by Crippen LogP contribution is 2.32. The van der Waals surface area contributed by atoms with E-state index < -0.39 is 41.9 Å². The molecule has 41 heavy (non-hydrogen) atoms. The molecule has 0 fully saturated rings. The van der Waals surface area contributed by atoms with Crippen LogP contribution in [0.15, 0.2) is 78.9 Å². The summed E-state index contributed by atoms with van der Waals surface area (Å²) in [6.45, 7) is 5.35. The van der Waals surface area contributed by atoms with Crippen molar-refractivity contribution in [2.45, 2.75) is 76.3 Å². The molecule has 0 bridgehead atoms. The number of amides is 2. The maximum Gasteiger partial charge on any atom is 0.407 e. The molecular weight excluding hydrogens is 631 g/mol. The van der Waals surface area contributed by atoms with Crippen molar-refractivity contribution in [3.8, 4) is 0 Å². The van der Waals surface area contributed by atoms with Crippen LogP contribution in [0.4, 0.5) is 4.79 Å². The topological polar surface area (TPSA) is 108 Å².